The van der Waals surface area contributed by atoms with Crippen molar-refractivity contribution >= 4 is 46.5 Å². The lowest BCUT2D eigenvalue weighted by atomic mass is 10.1. The Hall–Kier alpha value is -4.12. The van der Waals surface area contributed by atoms with Crippen LogP contribution < -0.4 is 25.0 Å². The number of anilines is 3. The molecule has 11 heteroatoms. The minimum absolute atomic E-state index is 0.141. The van der Waals surface area contributed by atoms with Gasteiger partial charge in [-0.25, -0.2) is 4.99 Å². The Balaban J connectivity index is 1.46. The number of rotatable bonds is 5. The van der Waals surface area contributed by atoms with Crippen LogP contribution >= 0.6 is 11.8 Å². The summed E-state index contributed by atoms with van der Waals surface area (Å²) in [5, 5.41) is 0.524. The summed E-state index contributed by atoms with van der Waals surface area (Å²) in [5.74, 6) is 2.57. The molecule has 0 radical (unpaired) electrons. The van der Waals surface area contributed by atoms with Gasteiger partial charge in [-0.3, -0.25) is 9.69 Å². The molecule has 0 aliphatic carbocycles. The molecule has 3 heterocycles. The summed E-state index contributed by atoms with van der Waals surface area (Å²) in [6.07, 6.45) is 1.74. The first kappa shape index (κ1) is 22.7. The number of carbonyl (C=O) groups is 1. The third-order valence-electron chi connectivity index (χ3n) is 5.24. The molecule has 0 unspecified atom stereocenters. The van der Waals surface area contributed by atoms with Crippen molar-refractivity contribution in [2.75, 3.05) is 36.4 Å². The molecule has 2 aliphatic rings. The summed E-state index contributed by atoms with van der Waals surface area (Å²) in [4.78, 5) is 34.3. The molecular weight excluding hydrogens is 466 g/mol. The van der Waals surface area contributed by atoms with E-state index in [4.69, 9.17) is 15.2 Å². The molecule has 2 aliphatic heterocycles. The van der Waals surface area contributed by atoms with Crippen LogP contribution in [0.15, 0.2) is 53.2 Å². The zero-order chi connectivity index (χ0) is 24.5. The first-order chi connectivity index (χ1) is 16.9. The summed E-state index contributed by atoms with van der Waals surface area (Å²) >= 11 is 1.35. The Morgan fingerprint density at radius 2 is 1.86 bits per heavy atom. The number of nitrogens with zero attached hydrogens (tertiary/aromatic N) is 6. The molecule has 0 saturated carbocycles. The van der Waals surface area contributed by atoms with Crippen molar-refractivity contribution in [3.8, 4) is 11.5 Å². The Kier molecular flexibility index (Phi) is 6.00. The highest BCUT2D eigenvalue weighted by Gasteiger charge is 2.32. The lowest BCUT2D eigenvalue weighted by Gasteiger charge is -2.18. The molecule has 2 aromatic carbocycles. The van der Waals surface area contributed by atoms with E-state index in [2.05, 4.69) is 19.9 Å². The van der Waals surface area contributed by atoms with Gasteiger partial charge in [0.25, 0.3) is 5.91 Å². The third kappa shape index (κ3) is 4.76. The van der Waals surface area contributed by atoms with Crippen LogP contribution in [0.4, 0.5) is 17.6 Å². The molecule has 10 nitrogen and oxygen atoms in total. The summed E-state index contributed by atoms with van der Waals surface area (Å²) < 4.78 is 10.8. The van der Waals surface area contributed by atoms with E-state index in [1.807, 2.05) is 63.5 Å². The Bertz CT molecular complexity index is 1360. The van der Waals surface area contributed by atoms with E-state index in [0.717, 1.165) is 16.8 Å². The molecule has 35 heavy (non-hydrogen) atoms. The Morgan fingerprint density at radius 1 is 1.09 bits per heavy atom. The second kappa shape index (κ2) is 9.26. The zero-order valence-electron chi connectivity index (χ0n) is 19.4. The number of hydrogen-bond acceptors (Lipinski definition) is 10. The van der Waals surface area contributed by atoms with Crippen molar-refractivity contribution in [3.63, 3.8) is 0 Å². The van der Waals surface area contributed by atoms with E-state index >= 15 is 0 Å². The number of ether oxygens (including phenoxy) is 2. The van der Waals surface area contributed by atoms with Gasteiger partial charge in [0.1, 0.15) is 11.5 Å². The van der Waals surface area contributed by atoms with Gasteiger partial charge in [0.15, 0.2) is 16.7 Å². The van der Waals surface area contributed by atoms with Gasteiger partial charge in [-0.15, -0.1) is 0 Å². The lowest BCUT2D eigenvalue weighted by molar-refractivity contribution is -0.113. The quantitative estimate of drug-likeness (QED) is 0.539. The van der Waals surface area contributed by atoms with E-state index in [1.54, 1.807) is 15.9 Å². The first-order valence-corrected chi connectivity index (χ1v) is 11.8. The number of aryl methyl sites for hydroxylation is 1. The van der Waals surface area contributed by atoms with Crippen molar-refractivity contribution in [2.24, 2.45) is 4.99 Å². The fourth-order valence-corrected chi connectivity index (χ4v) is 4.36. The number of benzene rings is 2. The minimum atomic E-state index is -0.224. The largest absolute Gasteiger partial charge is 0.454 e. The standard InChI is InChI=1S/C24H23N7O3S/c1-14-4-7-16(8-5-14)31-21(32)17(10-15-6-9-18-19(11-15)34-13-33-18)26-24(31)35-12-20-27-22(25)29-23(28-20)30(2)3/h4-11H,12-13H2,1-3H3,(H2,25,27,28,29)/b17-10-. The Labute approximate surface area is 206 Å². The van der Waals surface area contributed by atoms with Gasteiger partial charge >= 0.3 is 0 Å². The summed E-state index contributed by atoms with van der Waals surface area (Å²) in [6.45, 7) is 2.18. The van der Waals surface area contributed by atoms with Crippen LogP contribution in [0, 0.1) is 6.92 Å². The van der Waals surface area contributed by atoms with E-state index in [1.165, 1.54) is 11.8 Å². The van der Waals surface area contributed by atoms with Crippen LogP contribution in [-0.4, -0.2) is 46.9 Å². The maximum absolute atomic E-state index is 13.5. The second-order valence-electron chi connectivity index (χ2n) is 8.11. The molecule has 2 N–H and O–H groups in total. The number of amides is 1. The van der Waals surface area contributed by atoms with Gasteiger partial charge in [0, 0.05) is 14.1 Å². The van der Waals surface area contributed by atoms with Gasteiger partial charge in [-0.05, 0) is 42.8 Å². The molecule has 178 valence electrons. The molecule has 0 saturated heterocycles. The van der Waals surface area contributed by atoms with E-state index in [0.29, 0.717) is 39.9 Å². The summed E-state index contributed by atoms with van der Waals surface area (Å²) in [7, 11) is 3.66. The van der Waals surface area contributed by atoms with E-state index in [9.17, 15) is 4.79 Å². The van der Waals surface area contributed by atoms with Crippen molar-refractivity contribution in [1.82, 2.24) is 15.0 Å². The monoisotopic (exact) mass is 489 g/mol. The van der Waals surface area contributed by atoms with Crippen molar-refractivity contribution in [3.05, 3.63) is 65.1 Å². The van der Waals surface area contributed by atoms with E-state index < -0.39 is 0 Å². The number of nitrogen functional groups attached to an aromatic ring is 1. The molecule has 0 spiro atoms. The number of aliphatic imine (C=N–C) groups is 1. The highest BCUT2D eigenvalue weighted by Crippen LogP contribution is 2.35. The minimum Gasteiger partial charge on any atom is -0.454 e. The highest BCUT2D eigenvalue weighted by molar-refractivity contribution is 8.13. The van der Waals surface area contributed by atoms with Gasteiger partial charge in [-0.2, -0.15) is 15.0 Å². The molecular formula is C24H23N7O3S. The normalized spacial score (nSPS) is 15.6. The van der Waals surface area contributed by atoms with Crippen molar-refractivity contribution in [1.29, 1.82) is 0 Å². The molecule has 0 bridgehead atoms. The number of aromatic nitrogens is 3. The van der Waals surface area contributed by atoms with Gasteiger partial charge in [0.05, 0.1) is 11.4 Å². The topological polar surface area (TPSA) is 119 Å². The van der Waals surface area contributed by atoms with Crippen LogP contribution in [0.1, 0.15) is 17.0 Å². The average molecular weight is 490 g/mol. The second-order valence-corrected chi connectivity index (χ2v) is 9.05. The Morgan fingerprint density at radius 3 is 2.63 bits per heavy atom. The maximum atomic E-state index is 13.5. The predicted octanol–water partition coefficient (Wildman–Crippen LogP) is 3.23. The van der Waals surface area contributed by atoms with Crippen molar-refractivity contribution in [2.45, 2.75) is 12.7 Å². The smallest absolute Gasteiger partial charge is 0.283 e. The van der Waals surface area contributed by atoms with Crippen LogP contribution in [0.25, 0.3) is 6.08 Å². The van der Waals surface area contributed by atoms with Gasteiger partial charge < -0.3 is 20.1 Å². The number of nitrogens with two attached hydrogens (primary N) is 1. The van der Waals surface area contributed by atoms with Crippen LogP contribution in [0.2, 0.25) is 0 Å². The van der Waals surface area contributed by atoms with Gasteiger partial charge in [-0.1, -0.05) is 35.5 Å². The summed E-state index contributed by atoms with van der Waals surface area (Å²) in [6, 6.07) is 13.2. The number of fused-ring (bicyclic) bond motifs is 1. The lowest BCUT2D eigenvalue weighted by Crippen LogP contribution is -2.30. The average Bonchev–Trinajstić information content (AvgIpc) is 3.42. The maximum Gasteiger partial charge on any atom is 0.283 e. The van der Waals surface area contributed by atoms with Gasteiger partial charge in [0.2, 0.25) is 18.7 Å². The third-order valence-corrected chi connectivity index (χ3v) is 6.17. The molecule has 3 aromatic rings. The van der Waals surface area contributed by atoms with Crippen LogP contribution in [-0.2, 0) is 10.5 Å². The molecule has 0 fully saturated rings. The molecule has 1 aromatic heterocycles. The first-order valence-electron chi connectivity index (χ1n) is 10.8. The number of thioether (sulfide) groups is 1. The fraction of sp³-hybridized carbons (Fsp3) is 0.208. The fourth-order valence-electron chi connectivity index (χ4n) is 3.49. The number of hydrogen-bond donors (Lipinski definition) is 1. The van der Waals surface area contributed by atoms with Crippen molar-refractivity contribution < 1.29 is 14.3 Å². The predicted molar refractivity (Wildman–Crippen MR) is 137 cm³/mol. The zero-order valence-corrected chi connectivity index (χ0v) is 20.2. The highest BCUT2D eigenvalue weighted by atomic mass is 32.2. The van der Waals surface area contributed by atoms with E-state index in [-0.39, 0.29) is 18.6 Å². The van der Waals surface area contributed by atoms with Crippen LogP contribution in [0.5, 0.6) is 11.5 Å². The number of carbonyl (C=O) groups excluding carboxylic acids is 1. The molecule has 5 rings (SSSR count). The molecule has 1 amide bonds. The van der Waals surface area contributed by atoms with Crippen LogP contribution in [0.3, 0.4) is 0 Å². The number of amidine groups is 1. The molecule has 0 atom stereocenters. The SMILES string of the molecule is Cc1ccc(N2C(=O)/C(=C/c3ccc4c(c3)OCO4)N=C2SCc2nc(N)nc(N(C)C)n2)cc1. The summed E-state index contributed by atoms with van der Waals surface area (Å²) in [5.41, 5.74) is 8.79.